The number of hydrogen-bond acceptors (Lipinski definition) is 4. The Bertz CT molecular complexity index is 341. The molecule has 0 bridgehead atoms. The molecule has 6 heteroatoms. The summed E-state index contributed by atoms with van der Waals surface area (Å²) >= 11 is 6.46. The molecule has 0 radical (unpaired) electrons. The van der Waals surface area contributed by atoms with Gasteiger partial charge in [0.05, 0.1) is 6.61 Å². The lowest BCUT2D eigenvalue weighted by Gasteiger charge is -2.44. The molecule has 1 aliphatic heterocycles. The first-order valence-electron chi connectivity index (χ1n) is 6.46. The number of amides is 1. The quantitative estimate of drug-likeness (QED) is 0.792. The summed E-state index contributed by atoms with van der Waals surface area (Å²) in [6.07, 6.45) is 2.76. The molecule has 0 aliphatic carbocycles. The van der Waals surface area contributed by atoms with Crippen LogP contribution in [0.4, 0.5) is 4.79 Å². The molecule has 1 amide bonds. The normalized spacial score (nSPS) is 24.1. The molecule has 110 valence electrons. The van der Waals surface area contributed by atoms with Crippen molar-refractivity contribution in [1.82, 2.24) is 4.90 Å². The summed E-state index contributed by atoms with van der Waals surface area (Å²) in [6, 6.07) is 0.0372. The Morgan fingerprint density at radius 3 is 2.63 bits per heavy atom. The highest BCUT2D eigenvalue weighted by molar-refractivity contribution is 8.22. The molecule has 1 saturated heterocycles. The van der Waals surface area contributed by atoms with Crippen molar-refractivity contribution in [3.63, 3.8) is 0 Å². The average Bonchev–Trinajstić information content (AvgIpc) is 2.34. The highest BCUT2D eigenvalue weighted by Crippen LogP contribution is 2.34. The van der Waals surface area contributed by atoms with Gasteiger partial charge < -0.3 is 14.7 Å². The lowest BCUT2D eigenvalue weighted by atomic mass is 9.77. The zero-order valence-corrected chi connectivity index (χ0v) is 13.6. The third-order valence-electron chi connectivity index (χ3n) is 3.56. The Morgan fingerprint density at radius 1 is 1.53 bits per heavy atom. The van der Waals surface area contributed by atoms with Gasteiger partial charge in [0.25, 0.3) is 0 Å². The molecule has 19 heavy (non-hydrogen) atoms. The minimum Gasteiger partial charge on any atom is -0.478 e. The summed E-state index contributed by atoms with van der Waals surface area (Å²) in [4.78, 5) is 12.9. The van der Waals surface area contributed by atoms with E-state index >= 15 is 0 Å². The Balaban J connectivity index is 2.63. The molecule has 0 aromatic heterocycles. The van der Waals surface area contributed by atoms with Crippen molar-refractivity contribution in [2.75, 3.05) is 19.4 Å². The molecule has 1 rings (SSSR count). The highest BCUT2D eigenvalue weighted by Gasteiger charge is 2.38. The van der Waals surface area contributed by atoms with Gasteiger partial charge >= 0.3 is 6.09 Å². The lowest BCUT2D eigenvalue weighted by molar-refractivity contribution is 0.0298. The van der Waals surface area contributed by atoms with Gasteiger partial charge in [0, 0.05) is 12.6 Å². The number of rotatable bonds is 2. The standard InChI is InChI=1S/C13H23NO3S2/c1-13(2,3)10-7-9(8-17-12(18)19-4)5-6-14(10)11(15)16/h9-10H,5-8H2,1-4H3,(H,15,16). The summed E-state index contributed by atoms with van der Waals surface area (Å²) < 4.78 is 6.08. The summed E-state index contributed by atoms with van der Waals surface area (Å²) in [5.41, 5.74) is -0.0585. The van der Waals surface area contributed by atoms with Crippen molar-refractivity contribution in [2.24, 2.45) is 11.3 Å². The largest absolute Gasteiger partial charge is 0.478 e. The van der Waals surface area contributed by atoms with E-state index in [9.17, 15) is 9.90 Å². The Morgan fingerprint density at radius 2 is 2.16 bits per heavy atom. The third kappa shape index (κ3) is 4.84. The van der Waals surface area contributed by atoms with Gasteiger partial charge in [-0.05, 0) is 42.6 Å². The van der Waals surface area contributed by atoms with E-state index in [0.29, 0.717) is 23.5 Å². The van der Waals surface area contributed by atoms with Crippen LogP contribution in [0.1, 0.15) is 33.6 Å². The van der Waals surface area contributed by atoms with E-state index < -0.39 is 6.09 Å². The smallest absolute Gasteiger partial charge is 0.407 e. The maximum absolute atomic E-state index is 11.3. The van der Waals surface area contributed by atoms with Gasteiger partial charge in [-0.15, -0.1) is 0 Å². The van der Waals surface area contributed by atoms with Crippen LogP contribution in [-0.2, 0) is 4.74 Å². The first kappa shape index (κ1) is 16.6. The number of carboxylic acid groups (broad SMARTS) is 1. The van der Waals surface area contributed by atoms with Crippen molar-refractivity contribution in [2.45, 2.75) is 39.7 Å². The predicted molar refractivity (Wildman–Crippen MR) is 82.8 cm³/mol. The van der Waals surface area contributed by atoms with Gasteiger partial charge in [-0.3, -0.25) is 0 Å². The van der Waals surface area contributed by atoms with Crippen molar-refractivity contribution < 1.29 is 14.6 Å². The van der Waals surface area contributed by atoms with Crippen LogP contribution in [0.15, 0.2) is 0 Å². The predicted octanol–water partition coefficient (Wildman–Crippen LogP) is 3.46. The molecule has 4 nitrogen and oxygen atoms in total. The number of likely N-dealkylation sites (tertiary alicyclic amines) is 1. The van der Waals surface area contributed by atoms with Crippen LogP contribution >= 0.6 is 24.0 Å². The second kappa shape index (κ2) is 6.79. The first-order valence-corrected chi connectivity index (χ1v) is 8.09. The van der Waals surface area contributed by atoms with E-state index in [2.05, 4.69) is 20.8 Å². The molecule has 1 aliphatic rings. The molecular formula is C13H23NO3S2. The number of thiocarbonyl (C=S) groups is 1. The molecule has 0 aromatic rings. The van der Waals surface area contributed by atoms with Crippen molar-refractivity contribution in [1.29, 1.82) is 0 Å². The second-order valence-corrected chi connectivity index (χ2v) is 7.42. The Kier molecular flexibility index (Phi) is 5.92. The van der Waals surface area contributed by atoms with E-state index in [1.165, 1.54) is 11.8 Å². The molecule has 1 fully saturated rings. The van der Waals surface area contributed by atoms with Gasteiger partial charge in [-0.1, -0.05) is 32.5 Å². The Hall–Kier alpha value is -0.490. The zero-order valence-electron chi connectivity index (χ0n) is 12.0. The molecule has 1 heterocycles. The van der Waals surface area contributed by atoms with E-state index in [1.54, 1.807) is 4.90 Å². The van der Waals surface area contributed by atoms with Crippen LogP contribution in [0.25, 0.3) is 0 Å². The summed E-state index contributed by atoms with van der Waals surface area (Å²) in [7, 11) is 0. The lowest BCUT2D eigenvalue weighted by Crippen LogP contribution is -2.52. The molecule has 0 saturated carbocycles. The van der Waals surface area contributed by atoms with Gasteiger partial charge in [0.2, 0.25) is 4.38 Å². The minimum atomic E-state index is -0.820. The fourth-order valence-electron chi connectivity index (χ4n) is 2.48. The minimum absolute atomic E-state index is 0.0372. The van der Waals surface area contributed by atoms with Crippen LogP contribution in [0, 0.1) is 11.3 Å². The van der Waals surface area contributed by atoms with Gasteiger partial charge in [-0.25, -0.2) is 4.79 Å². The molecule has 2 atom stereocenters. The van der Waals surface area contributed by atoms with Crippen molar-refractivity contribution >= 4 is 34.5 Å². The van der Waals surface area contributed by atoms with Gasteiger partial charge in [-0.2, -0.15) is 0 Å². The number of nitrogens with zero attached hydrogens (tertiary/aromatic N) is 1. The van der Waals surface area contributed by atoms with E-state index in [4.69, 9.17) is 17.0 Å². The van der Waals surface area contributed by atoms with Crippen LogP contribution < -0.4 is 0 Å². The van der Waals surface area contributed by atoms with Gasteiger partial charge in [0.1, 0.15) is 0 Å². The molecule has 0 aromatic carbocycles. The maximum Gasteiger partial charge on any atom is 0.407 e. The van der Waals surface area contributed by atoms with Crippen LogP contribution in [-0.4, -0.2) is 45.9 Å². The van der Waals surface area contributed by atoms with Crippen molar-refractivity contribution in [3.8, 4) is 0 Å². The van der Waals surface area contributed by atoms with Crippen LogP contribution in [0.2, 0.25) is 0 Å². The zero-order chi connectivity index (χ0) is 14.6. The number of thioether (sulfide) groups is 1. The number of carbonyl (C=O) groups is 1. The monoisotopic (exact) mass is 305 g/mol. The van der Waals surface area contributed by atoms with E-state index in [1.807, 2.05) is 6.26 Å². The fourth-order valence-corrected chi connectivity index (χ4v) is 2.74. The van der Waals surface area contributed by atoms with Crippen LogP contribution in [0.3, 0.4) is 0 Å². The highest BCUT2D eigenvalue weighted by atomic mass is 32.2. The fraction of sp³-hybridized carbons (Fsp3) is 0.846. The van der Waals surface area contributed by atoms with E-state index in [0.717, 1.165) is 12.8 Å². The topological polar surface area (TPSA) is 49.8 Å². The molecular weight excluding hydrogens is 282 g/mol. The van der Waals surface area contributed by atoms with E-state index in [-0.39, 0.29) is 11.5 Å². The molecule has 1 N–H and O–H groups in total. The number of ether oxygens (including phenoxy) is 1. The Labute approximate surface area is 124 Å². The number of piperidine rings is 1. The summed E-state index contributed by atoms with van der Waals surface area (Å²) in [6.45, 7) is 7.44. The van der Waals surface area contributed by atoms with Crippen LogP contribution in [0.5, 0.6) is 0 Å². The summed E-state index contributed by atoms with van der Waals surface area (Å²) in [5.74, 6) is 0.380. The first-order chi connectivity index (χ1) is 8.75. The molecule has 0 spiro atoms. The SMILES string of the molecule is CSC(=S)OCC1CCN(C(=O)O)C(C(C)(C)C)C1. The maximum atomic E-state index is 11.3. The second-order valence-electron chi connectivity index (χ2n) is 6.01. The van der Waals surface area contributed by atoms with Gasteiger partial charge in [0.15, 0.2) is 0 Å². The molecule has 2 unspecified atom stereocenters. The number of hydrogen-bond donors (Lipinski definition) is 1. The van der Waals surface area contributed by atoms with Crippen molar-refractivity contribution in [3.05, 3.63) is 0 Å². The average molecular weight is 305 g/mol. The third-order valence-corrected chi connectivity index (χ3v) is 4.63. The summed E-state index contributed by atoms with van der Waals surface area (Å²) in [5, 5.41) is 9.29.